The molecule has 1 aliphatic heterocycles. The second kappa shape index (κ2) is 8.84. The number of rotatable bonds is 6. The maximum atomic E-state index is 12.8. The predicted octanol–water partition coefficient (Wildman–Crippen LogP) is 4.05. The van der Waals surface area contributed by atoms with Crippen LogP contribution >= 0.6 is 35.3 Å². The molecule has 3 aromatic rings. The molecule has 1 N–H and O–H groups in total. The van der Waals surface area contributed by atoms with E-state index < -0.39 is 16.7 Å². The van der Waals surface area contributed by atoms with Gasteiger partial charge in [0.1, 0.15) is 0 Å². The van der Waals surface area contributed by atoms with Crippen LogP contribution in [-0.4, -0.2) is 30.6 Å². The first-order valence-electron chi connectivity index (χ1n) is 8.94. The number of aromatic nitrogens is 1. The molecule has 0 saturated carbocycles. The Kier molecular flexibility index (Phi) is 5.98. The zero-order valence-corrected chi connectivity index (χ0v) is 18.2. The van der Waals surface area contributed by atoms with Gasteiger partial charge in [0.15, 0.2) is 4.32 Å². The predicted molar refractivity (Wildman–Crippen MR) is 123 cm³/mol. The van der Waals surface area contributed by atoms with Crippen LogP contribution in [0, 0.1) is 10.1 Å². The highest BCUT2D eigenvalue weighted by atomic mass is 32.2. The molecule has 0 atom stereocenters. The van der Waals surface area contributed by atoms with Crippen LogP contribution in [0.1, 0.15) is 20.9 Å². The third kappa shape index (κ3) is 4.43. The number of nitro benzene ring substituents is 1. The van der Waals surface area contributed by atoms with Crippen molar-refractivity contribution in [3.05, 3.63) is 91.3 Å². The molecule has 4 rings (SSSR count). The number of thioether (sulfide) groups is 1. The van der Waals surface area contributed by atoms with Gasteiger partial charge in [-0.2, -0.15) is 5.01 Å². The minimum absolute atomic E-state index is 0.0322. The molecule has 1 aliphatic rings. The number of amides is 2. The first-order valence-corrected chi connectivity index (χ1v) is 11.0. The molecule has 11 heteroatoms. The Labute approximate surface area is 190 Å². The Balaban J connectivity index is 1.55. The molecule has 1 saturated heterocycles. The summed E-state index contributed by atoms with van der Waals surface area (Å²) in [6.45, 7) is 0.269. The molecule has 2 amide bonds. The van der Waals surface area contributed by atoms with Crippen molar-refractivity contribution in [3.8, 4) is 0 Å². The summed E-state index contributed by atoms with van der Waals surface area (Å²) in [5, 5.41) is 14.1. The number of thiocarbonyl (C=S) groups is 1. The van der Waals surface area contributed by atoms with Gasteiger partial charge in [0.2, 0.25) is 0 Å². The van der Waals surface area contributed by atoms with Crippen LogP contribution in [0.4, 0.5) is 5.69 Å². The van der Waals surface area contributed by atoms with E-state index >= 15 is 0 Å². The third-order valence-corrected chi connectivity index (χ3v) is 6.60. The van der Waals surface area contributed by atoms with Crippen molar-refractivity contribution in [2.45, 2.75) is 6.54 Å². The topological polar surface area (TPSA) is 97.5 Å². The molecule has 156 valence electrons. The van der Waals surface area contributed by atoms with E-state index in [0.717, 1.165) is 16.8 Å². The number of nitrogens with zero attached hydrogens (tertiary/aromatic N) is 3. The summed E-state index contributed by atoms with van der Waals surface area (Å²) in [6.07, 6.45) is 3.44. The van der Waals surface area contributed by atoms with Gasteiger partial charge in [0.25, 0.3) is 17.5 Å². The number of carbonyl (C=O) groups is 2. The number of hydrazine groups is 1. The van der Waals surface area contributed by atoms with E-state index in [1.807, 2.05) is 0 Å². The Morgan fingerprint density at radius 2 is 2.00 bits per heavy atom. The van der Waals surface area contributed by atoms with E-state index in [1.165, 1.54) is 17.4 Å². The highest BCUT2D eigenvalue weighted by molar-refractivity contribution is 8.26. The van der Waals surface area contributed by atoms with Gasteiger partial charge in [0.05, 0.1) is 21.3 Å². The summed E-state index contributed by atoms with van der Waals surface area (Å²) in [4.78, 5) is 36.8. The second-order valence-corrected chi connectivity index (χ2v) is 9.01. The van der Waals surface area contributed by atoms with Crippen molar-refractivity contribution < 1.29 is 14.5 Å². The van der Waals surface area contributed by atoms with E-state index in [2.05, 4.69) is 5.43 Å². The molecular formula is C20H14N4O4S3. The summed E-state index contributed by atoms with van der Waals surface area (Å²) in [5.41, 5.74) is 3.80. The molecule has 1 fully saturated rings. The smallest absolute Gasteiger partial charge is 0.285 e. The van der Waals surface area contributed by atoms with Crippen molar-refractivity contribution in [2.75, 3.05) is 0 Å². The Bertz CT molecular complexity index is 1220. The molecule has 0 spiro atoms. The molecule has 0 aliphatic carbocycles. The molecule has 1 aromatic carbocycles. The number of para-hydroxylation sites is 1. The first kappa shape index (κ1) is 21.0. The molecule has 0 radical (unpaired) electrons. The van der Waals surface area contributed by atoms with Crippen molar-refractivity contribution in [1.82, 2.24) is 15.0 Å². The Hall–Kier alpha value is -3.28. The van der Waals surface area contributed by atoms with Gasteiger partial charge in [-0.15, -0.1) is 11.3 Å². The normalized spacial score (nSPS) is 15.0. The number of hydrogen-bond acceptors (Lipinski definition) is 7. The van der Waals surface area contributed by atoms with Crippen molar-refractivity contribution in [2.24, 2.45) is 0 Å². The van der Waals surface area contributed by atoms with Crippen LogP contribution in [0.2, 0.25) is 0 Å². The summed E-state index contributed by atoms with van der Waals surface area (Å²) in [5.74, 6) is -0.842. The summed E-state index contributed by atoms with van der Waals surface area (Å²) in [6, 6.07) is 13.5. The summed E-state index contributed by atoms with van der Waals surface area (Å²) < 4.78 is 2.03. The largest absolute Gasteiger partial charge is 0.343 e. The Morgan fingerprint density at radius 1 is 1.19 bits per heavy atom. The number of hydrogen-bond donors (Lipinski definition) is 1. The Morgan fingerprint density at radius 3 is 2.74 bits per heavy atom. The van der Waals surface area contributed by atoms with E-state index in [0.29, 0.717) is 21.0 Å². The summed E-state index contributed by atoms with van der Waals surface area (Å²) in [7, 11) is 0. The summed E-state index contributed by atoms with van der Waals surface area (Å²) >= 11 is 7.60. The SMILES string of the molecule is O=C(NN1C(=O)/C(=C\c2cccn2Cc2ccccc2[N+](=O)[O-])SC1=S)c1cccs1. The number of nitro groups is 1. The van der Waals surface area contributed by atoms with Crippen LogP contribution in [0.25, 0.3) is 6.08 Å². The van der Waals surface area contributed by atoms with E-state index in [9.17, 15) is 19.7 Å². The number of carbonyl (C=O) groups excluding carboxylic acids is 2. The highest BCUT2D eigenvalue weighted by Gasteiger charge is 2.34. The van der Waals surface area contributed by atoms with Crippen molar-refractivity contribution >= 4 is 63.2 Å². The molecule has 8 nitrogen and oxygen atoms in total. The van der Waals surface area contributed by atoms with Gasteiger partial charge in [-0.3, -0.25) is 25.1 Å². The lowest BCUT2D eigenvalue weighted by Crippen LogP contribution is -2.44. The lowest BCUT2D eigenvalue weighted by molar-refractivity contribution is -0.385. The lowest BCUT2D eigenvalue weighted by atomic mass is 10.2. The zero-order chi connectivity index (χ0) is 22.0. The number of benzene rings is 1. The average Bonchev–Trinajstić information content (AvgIpc) is 3.48. The van der Waals surface area contributed by atoms with E-state index in [4.69, 9.17) is 12.2 Å². The minimum Gasteiger partial charge on any atom is -0.343 e. The fraction of sp³-hybridized carbons (Fsp3) is 0.0500. The molecule has 0 unspecified atom stereocenters. The van der Waals surface area contributed by atoms with Crippen molar-refractivity contribution in [3.63, 3.8) is 0 Å². The van der Waals surface area contributed by atoms with Crippen LogP contribution < -0.4 is 5.43 Å². The van der Waals surface area contributed by atoms with E-state index in [1.54, 1.807) is 64.7 Å². The van der Waals surface area contributed by atoms with Crippen LogP contribution in [-0.2, 0) is 11.3 Å². The quantitative estimate of drug-likeness (QED) is 0.253. The third-order valence-electron chi connectivity index (χ3n) is 4.42. The molecule has 2 aromatic heterocycles. The van der Waals surface area contributed by atoms with E-state index in [-0.39, 0.29) is 16.6 Å². The van der Waals surface area contributed by atoms with Gasteiger partial charge in [-0.25, -0.2) is 0 Å². The van der Waals surface area contributed by atoms with Crippen LogP contribution in [0.3, 0.4) is 0 Å². The zero-order valence-electron chi connectivity index (χ0n) is 15.8. The maximum absolute atomic E-state index is 12.8. The molecule has 3 heterocycles. The van der Waals surface area contributed by atoms with Gasteiger partial charge in [-0.05, 0) is 41.9 Å². The van der Waals surface area contributed by atoms with Crippen molar-refractivity contribution in [1.29, 1.82) is 0 Å². The monoisotopic (exact) mass is 470 g/mol. The number of thiophene rings is 1. The maximum Gasteiger partial charge on any atom is 0.285 e. The van der Waals surface area contributed by atoms with Gasteiger partial charge in [-0.1, -0.05) is 36.0 Å². The van der Waals surface area contributed by atoms with Gasteiger partial charge < -0.3 is 4.57 Å². The van der Waals surface area contributed by atoms with Gasteiger partial charge >= 0.3 is 0 Å². The van der Waals surface area contributed by atoms with Crippen LogP contribution in [0.15, 0.2) is 65.0 Å². The minimum atomic E-state index is -0.432. The fourth-order valence-electron chi connectivity index (χ4n) is 2.97. The molecule has 31 heavy (non-hydrogen) atoms. The molecule has 0 bridgehead atoms. The fourth-order valence-corrected chi connectivity index (χ4v) is 4.75. The lowest BCUT2D eigenvalue weighted by Gasteiger charge is -2.14. The standard InChI is InChI=1S/C20H14N4O4S3/c25-18(16-8-4-10-30-16)21-23-19(26)17(31-20(23)29)11-14-6-3-9-22(14)12-13-5-1-2-7-15(13)24(27)28/h1-11H,12H2,(H,21,25)/b17-11+. The second-order valence-electron chi connectivity index (χ2n) is 6.38. The highest BCUT2D eigenvalue weighted by Crippen LogP contribution is 2.32. The van der Waals surface area contributed by atoms with Crippen LogP contribution in [0.5, 0.6) is 0 Å². The molecular weight excluding hydrogens is 456 g/mol. The van der Waals surface area contributed by atoms with Gasteiger partial charge in [0, 0.05) is 23.5 Å². The first-order chi connectivity index (χ1) is 14.9. The average molecular weight is 471 g/mol. The number of nitrogens with one attached hydrogen (secondary N) is 1.